The Hall–Kier alpha value is -2.48. The third-order valence-corrected chi connectivity index (χ3v) is 5.93. The van der Waals surface area contributed by atoms with E-state index in [-0.39, 0.29) is 17.4 Å². The molecule has 0 atom stereocenters. The van der Waals surface area contributed by atoms with Gasteiger partial charge in [0, 0.05) is 24.8 Å². The molecule has 2 aromatic rings. The van der Waals surface area contributed by atoms with Gasteiger partial charge in [-0.25, -0.2) is 12.8 Å². The fourth-order valence-corrected chi connectivity index (χ4v) is 4.26. The summed E-state index contributed by atoms with van der Waals surface area (Å²) >= 11 is 0. The molecule has 1 saturated heterocycles. The van der Waals surface area contributed by atoms with E-state index < -0.39 is 15.8 Å². The summed E-state index contributed by atoms with van der Waals surface area (Å²) in [5, 5.41) is 0. The number of piperidine rings is 1. The largest absolute Gasteiger partial charge is 0.454 e. The first kappa shape index (κ1) is 17.0. The van der Waals surface area contributed by atoms with Gasteiger partial charge >= 0.3 is 0 Å². The van der Waals surface area contributed by atoms with Crippen LogP contribution in [0.2, 0.25) is 0 Å². The summed E-state index contributed by atoms with van der Waals surface area (Å²) in [6.07, 6.45) is 3.34. The zero-order chi connectivity index (χ0) is 18.1. The predicted octanol–water partition coefficient (Wildman–Crippen LogP) is 3.35. The number of nitrogens with zero attached hydrogens (tertiary/aromatic N) is 1. The first-order valence-corrected chi connectivity index (χ1v) is 9.98. The molecular weight excluding hydrogens is 359 g/mol. The molecule has 26 heavy (non-hydrogen) atoms. The van der Waals surface area contributed by atoms with E-state index in [0.29, 0.717) is 11.5 Å². The summed E-state index contributed by atoms with van der Waals surface area (Å²) in [4.78, 5) is 2.13. The second kappa shape index (κ2) is 6.68. The molecule has 6 nitrogen and oxygen atoms in total. The number of anilines is 2. The van der Waals surface area contributed by atoms with Crippen molar-refractivity contribution in [3.8, 4) is 11.5 Å². The van der Waals surface area contributed by atoms with Crippen LogP contribution < -0.4 is 19.1 Å². The lowest BCUT2D eigenvalue weighted by atomic mass is 10.1. The van der Waals surface area contributed by atoms with Gasteiger partial charge in [0.1, 0.15) is 5.82 Å². The van der Waals surface area contributed by atoms with Crippen molar-refractivity contribution in [3.05, 3.63) is 42.2 Å². The van der Waals surface area contributed by atoms with Gasteiger partial charge in [-0.15, -0.1) is 0 Å². The lowest BCUT2D eigenvalue weighted by molar-refractivity contribution is 0.174. The molecule has 2 aliphatic heterocycles. The molecule has 8 heteroatoms. The molecule has 0 bridgehead atoms. The molecule has 0 spiro atoms. The summed E-state index contributed by atoms with van der Waals surface area (Å²) in [5.41, 5.74) is 0.750. The Morgan fingerprint density at radius 1 is 0.962 bits per heavy atom. The van der Waals surface area contributed by atoms with E-state index in [1.807, 2.05) is 0 Å². The van der Waals surface area contributed by atoms with Gasteiger partial charge in [-0.2, -0.15) is 0 Å². The molecule has 2 aromatic carbocycles. The number of hydrogen-bond acceptors (Lipinski definition) is 5. The number of benzene rings is 2. The molecule has 2 aliphatic rings. The van der Waals surface area contributed by atoms with Gasteiger partial charge in [-0.1, -0.05) is 0 Å². The Balaban J connectivity index is 1.61. The van der Waals surface area contributed by atoms with Crippen molar-refractivity contribution in [2.75, 3.05) is 29.5 Å². The smallest absolute Gasteiger partial charge is 0.262 e. The van der Waals surface area contributed by atoms with Gasteiger partial charge in [-0.3, -0.25) is 4.72 Å². The fraction of sp³-hybridized carbons (Fsp3) is 0.333. The van der Waals surface area contributed by atoms with E-state index in [0.717, 1.165) is 31.6 Å². The van der Waals surface area contributed by atoms with Crippen LogP contribution in [0.3, 0.4) is 0 Å². The average molecular weight is 378 g/mol. The molecule has 1 fully saturated rings. The molecule has 0 amide bonds. The minimum Gasteiger partial charge on any atom is -0.454 e. The molecule has 0 unspecified atom stereocenters. The minimum absolute atomic E-state index is 0.00970. The molecule has 4 rings (SSSR count). The standard InChI is InChI=1S/C18H19FN2O4S/c19-15-6-4-13(21-8-2-1-3-9-21)10-16(15)20-26(22,23)14-5-7-17-18(11-14)25-12-24-17/h4-7,10-11,20H,1-3,8-9,12H2. The quantitative estimate of drug-likeness (QED) is 0.884. The third-order valence-electron chi connectivity index (χ3n) is 4.57. The number of hydrogen-bond donors (Lipinski definition) is 1. The zero-order valence-electron chi connectivity index (χ0n) is 14.1. The molecule has 1 N–H and O–H groups in total. The van der Waals surface area contributed by atoms with E-state index in [1.165, 1.54) is 30.7 Å². The Morgan fingerprint density at radius 3 is 2.54 bits per heavy atom. The summed E-state index contributed by atoms with van der Waals surface area (Å²) in [7, 11) is -3.95. The number of halogens is 1. The second-order valence-electron chi connectivity index (χ2n) is 6.33. The normalized spacial score (nSPS) is 16.6. The molecule has 0 aromatic heterocycles. The van der Waals surface area contributed by atoms with Crippen LogP contribution in [-0.4, -0.2) is 28.3 Å². The molecule has 0 radical (unpaired) electrons. The Labute approximate surface area is 151 Å². The monoisotopic (exact) mass is 378 g/mol. The maximum absolute atomic E-state index is 14.2. The molecule has 0 saturated carbocycles. The van der Waals surface area contributed by atoms with Gasteiger partial charge < -0.3 is 14.4 Å². The van der Waals surface area contributed by atoms with Crippen LogP contribution in [-0.2, 0) is 10.0 Å². The van der Waals surface area contributed by atoms with Gasteiger partial charge in [0.05, 0.1) is 10.6 Å². The fourth-order valence-electron chi connectivity index (χ4n) is 3.19. The van der Waals surface area contributed by atoms with E-state index >= 15 is 0 Å². The number of ether oxygens (including phenoxy) is 2. The van der Waals surface area contributed by atoms with E-state index in [1.54, 1.807) is 12.1 Å². The first-order valence-electron chi connectivity index (χ1n) is 8.50. The summed E-state index contributed by atoms with van der Waals surface area (Å²) in [5.74, 6) is 0.229. The van der Waals surface area contributed by atoms with Crippen LogP contribution in [0, 0.1) is 5.82 Å². The van der Waals surface area contributed by atoms with Crippen LogP contribution in [0.4, 0.5) is 15.8 Å². The first-order chi connectivity index (χ1) is 12.5. The van der Waals surface area contributed by atoms with E-state index in [2.05, 4.69) is 9.62 Å². The van der Waals surface area contributed by atoms with Crippen molar-refractivity contribution < 1.29 is 22.3 Å². The highest BCUT2D eigenvalue weighted by atomic mass is 32.2. The maximum Gasteiger partial charge on any atom is 0.262 e. The molecule has 0 aliphatic carbocycles. The Kier molecular flexibility index (Phi) is 4.36. The van der Waals surface area contributed by atoms with Crippen molar-refractivity contribution in [1.29, 1.82) is 0 Å². The number of sulfonamides is 1. The van der Waals surface area contributed by atoms with E-state index in [4.69, 9.17) is 9.47 Å². The number of fused-ring (bicyclic) bond motifs is 1. The highest BCUT2D eigenvalue weighted by Crippen LogP contribution is 2.34. The van der Waals surface area contributed by atoms with Crippen molar-refractivity contribution in [2.24, 2.45) is 0 Å². The van der Waals surface area contributed by atoms with Crippen molar-refractivity contribution in [3.63, 3.8) is 0 Å². The van der Waals surface area contributed by atoms with Crippen LogP contribution in [0.1, 0.15) is 19.3 Å². The van der Waals surface area contributed by atoms with Gasteiger partial charge in [0.15, 0.2) is 11.5 Å². The van der Waals surface area contributed by atoms with Crippen molar-refractivity contribution in [1.82, 2.24) is 0 Å². The highest BCUT2D eigenvalue weighted by Gasteiger charge is 2.22. The van der Waals surface area contributed by atoms with Gasteiger partial charge in [0.25, 0.3) is 10.0 Å². The number of nitrogens with one attached hydrogen (secondary N) is 1. The average Bonchev–Trinajstić information content (AvgIpc) is 3.12. The summed E-state index contributed by atoms with van der Waals surface area (Å²) < 4.78 is 52.3. The van der Waals surface area contributed by atoms with Crippen molar-refractivity contribution in [2.45, 2.75) is 24.2 Å². The Morgan fingerprint density at radius 2 is 1.73 bits per heavy atom. The van der Waals surface area contributed by atoms with E-state index in [9.17, 15) is 12.8 Å². The van der Waals surface area contributed by atoms with Gasteiger partial charge in [-0.05, 0) is 49.6 Å². The minimum atomic E-state index is -3.95. The predicted molar refractivity (Wildman–Crippen MR) is 95.8 cm³/mol. The maximum atomic E-state index is 14.2. The zero-order valence-corrected chi connectivity index (χ0v) is 14.9. The third kappa shape index (κ3) is 3.29. The molecular formula is C18H19FN2O4S. The van der Waals surface area contributed by atoms with Gasteiger partial charge in [0.2, 0.25) is 6.79 Å². The SMILES string of the molecule is O=S(=O)(Nc1cc(N2CCCCC2)ccc1F)c1ccc2c(c1)OCO2. The lowest BCUT2D eigenvalue weighted by Crippen LogP contribution is -2.29. The van der Waals surface area contributed by atoms with Crippen LogP contribution >= 0.6 is 0 Å². The molecule has 2 heterocycles. The van der Waals surface area contributed by atoms with Crippen LogP contribution in [0.25, 0.3) is 0 Å². The Bertz CT molecular complexity index is 927. The number of rotatable bonds is 4. The van der Waals surface area contributed by atoms with Crippen molar-refractivity contribution >= 4 is 21.4 Å². The highest BCUT2D eigenvalue weighted by molar-refractivity contribution is 7.92. The molecule has 138 valence electrons. The van der Waals surface area contributed by atoms with Crippen LogP contribution in [0.15, 0.2) is 41.3 Å². The lowest BCUT2D eigenvalue weighted by Gasteiger charge is -2.29. The van der Waals surface area contributed by atoms with Crippen LogP contribution in [0.5, 0.6) is 11.5 Å². The topological polar surface area (TPSA) is 67.9 Å². The second-order valence-corrected chi connectivity index (χ2v) is 8.01. The summed E-state index contributed by atoms with van der Waals surface area (Å²) in [6.45, 7) is 1.83. The summed E-state index contributed by atoms with van der Waals surface area (Å²) in [6, 6.07) is 8.82.